The highest BCUT2D eigenvalue weighted by Gasteiger charge is 2.22. The number of carbonyl (C=O) groups is 1. The summed E-state index contributed by atoms with van der Waals surface area (Å²) < 4.78 is 0. The minimum atomic E-state index is -0.287. The lowest BCUT2D eigenvalue weighted by Gasteiger charge is -2.25. The van der Waals surface area contributed by atoms with Gasteiger partial charge in [0.2, 0.25) is 0 Å². The van der Waals surface area contributed by atoms with Crippen LogP contribution in [0.15, 0.2) is 36.4 Å². The summed E-state index contributed by atoms with van der Waals surface area (Å²) in [5.74, 6) is -0.287. The molecule has 1 heterocycles. The van der Waals surface area contributed by atoms with E-state index in [0.29, 0.717) is 5.02 Å². The van der Waals surface area contributed by atoms with E-state index < -0.39 is 0 Å². The zero-order valence-electron chi connectivity index (χ0n) is 11.5. The molecule has 1 aromatic heterocycles. The third-order valence-corrected chi connectivity index (χ3v) is 4.04. The third-order valence-electron chi connectivity index (χ3n) is 3.27. The molecule has 0 aliphatic rings. The molecule has 0 saturated carbocycles. The topological polar surface area (TPSA) is 33.2 Å². The molecule has 21 heavy (non-hydrogen) atoms. The number of amides is 1. The Bertz CT molecular complexity index is 658. The predicted octanol–water partition coefficient (Wildman–Crippen LogP) is 4.88. The van der Waals surface area contributed by atoms with Crippen molar-refractivity contribution < 1.29 is 4.79 Å². The quantitative estimate of drug-likeness (QED) is 0.745. The van der Waals surface area contributed by atoms with Crippen molar-refractivity contribution in [1.82, 2.24) is 9.88 Å². The van der Waals surface area contributed by atoms with Crippen molar-refractivity contribution in [2.24, 2.45) is 0 Å². The Morgan fingerprint density at radius 2 is 1.71 bits per heavy atom. The second kappa shape index (κ2) is 6.65. The van der Waals surface area contributed by atoms with E-state index in [1.807, 2.05) is 19.1 Å². The Morgan fingerprint density at radius 3 is 2.33 bits per heavy atom. The van der Waals surface area contributed by atoms with E-state index in [1.165, 1.54) is 0 Å². The largest absolute Gasteiger partial charge is 0.334 e. The van der Waals surface area contributed by atoms with E-state index >= 15 is 0 Å². The van der Waals surface area contributed by atoms with Gasteiger partial charge in [0.1, 0.15) is 10.8 Å². The van der Waals surface area contributed by atoms with Crippen LogP contribution in [-0.2, 0) is 0 Å². The number of aromatic nitrogens is 1. The maximum atomic E-state index is 12.5. The first kappa shape index (κ1) is 16.1. The highest BCUT2D eigenvalue weighted by atomic mass is 35.5. The van der Waals surface area contributed by atoms with Crippen LogP contribution in [0, 0.1) is 0 Å². The van der Waals surface area contributed by atoms with Gasteiger partial charge in [-0.2, -0.15) is 0 Å². The van der Waals surface area contributed by atoms with Crippen molar-refractivity contribution in [2.45, 2.75) is 13.0 Å². The molecule has 0 radical (unpaired) electrons. The molecule has 0 saturated heterocycles. The van der Waals surface area contributed by atoms with E-state index in [1.54, 1.807) is 36.2 Å². The molecule has 2 rings (SSSR count). The van der Waals surface area contributed by atoms with Crippen LogP contribution in [0.2, 0.25) is 15.2 Å². The zero-order chi connectivity index (χ0) is 15.6. The molecular formula is C15H13Cl3N2O. The summed E-state index contributed by atoms with van der Waals surface area (Å²) in [6.45, 7) is 1.92. The molecule has 0 fully saturated rings. The lowest BCUT2D eigenvalue weighted by Crippen LogP contribution is -2.30. The molecule has 6 heteroatoms. The molecular weight excluding hydrogens is 331 g/mol. The first-order valence-corrected chi connectivity index (χ1v) is 7.38. The zero-order valence-corrected chi connectivity index (χ0v) is 13.7. The molecule has 1 unspecified atom stereocenters. The third kappa shape index (κ3) is 3.67. The lowest BCUT2D eigenvalue weighted by atomic mass is 10.1. The lowest BCUT2D eigenvalue weighted by molar-refractivity contribution is 0.0737. The number of carbonyl (C=O) groups excluding carboxylic acids is 1. The average molecular weight is 344 g/mol. The van der Waals surface area contributed by atoms with E-state index in [-0.39, 0.29) is 27.8 Å². The van der Waals surface area contributed by atoms with Crippen molar-refractivity contribution in [3.8, 4) is 0 Å². The molecule has 0 N–H and O–H groups in total. The number of hydrogen-bond acceptors (Lipinski definition) is 2. The van der Waals surface area contributed by atoms with Gasteiger partial charge in [0, 0.05) is 12.1 Å². The summed E-state index contributed by atoms with van der Waals surface area (Å²) in [5, 5.41) is 1.16. The molecule has 0 bridgehead atoms. The van der Waals surface area contributed by atoms with Gasteiger partial charge in [-0.3, -0.25) is 4.79 Å². The summed E-state index contributed by atoms with van der Waals surface area (Å²) in [7, 11) is 1.69. The monoisotopic (exact) mass is 342 g/mol. The molecule has 3 nitrogen and oxygen atoms in total. The predicted molar refractivity (Wildman–Crippen MR) is 86.2 cm³/mol. The smallest absolute Gasteiger partial charge is 0.274 e. The molecule has 0 aliphatic heterocycles. The van der Waals surface area contributed by atoms with E-state index in [4.69, 9.17) is 34.8 Å². The van der Waals surface area contributed by atoms with Gasteiger partial charge in [0.15, 0.2) is 0 Å². The van der Waals surface area contributed by atoms with E-state index in [2.05, 4.69) is 4.98 Å². The first-order chi connectivity index (χ1) is 9.90. The van der Waals surface area contributed by atoms with Crippen molar-refractivity contribution >= 4 is 40.7 Å². The highest BCUT2D eigenvalue weighted by molar-refractivity contribution is 6.34. The number of benzene rings is 1. The SMILES string of the molecule is CC(c1ccc(Cl)cc1)N(C)C(=O)c1nc(Cl)ccc1Cl. The minimum absolute atomic E-state index is 0.146. The molecule has 0 aliphatic carbocycles. The van der Waals surface area contributed by atoms with Gasteiger partial charge in [0.05, 0.1) is 11.1 Å². The summed E-state index contributed by atoms with van der Waals surface area (Å²) in [6.07, 6.45) is 0. The van der Waals surface area contributed by atoms with Crippen LogP contribution in [0.1, 0.15) is 29.0 Å². The molecule has 1 aromatic carbocycles. The van der Waals surface area contributed by atoms with Crippen molar-refractivity contribution in [1.29, 1.82) is 0 Å². The first-order valence-electron chi connectivity index (χ1n) is 6.25. The number of rotatable bonds is 3. The Balaban J connectivity index is 2.26. The molecule has 1 amide bonds. The summed E-state index contributed by atoms with van der Waals surface area (Å²) in [4.78, 5) is 18.1. The highest BCUT2D eigenvalue weighted by Crippen LogP contribution is 2.24. The fraction of sp³-hybridized carbons (Fsp3) is 0.200. The Hall–Kier alpha value is -1.29. The molecule has 0 spiro atoms. The Labute approximate surface area is 138 Å². The standard InChI is InChI=1S/C15H13Cl3N2O/c1-9(10-3-5-11(16)6-4-10)20(2)15(21)14-12(17)7-8-13(18)19-14/h3-9H,1-2H3. The fourth-order valence-corrected chi connectivity index (χ4v) is 2.34. The van der Waals surface area contributed by atoms with Crippen LogP contribution in [0.5, 0.6) is 0 Å². The number of hydrogen-bond donors (Lipinski definition) is 0. The van der Waals surface area contributed by atoms with Crippen LogP contribution in [0.3, 0.4) is 0 Å². The van der Waals surface area contributed by atoms with Gasteiger partial charge in [0.25, 0.3) is 5.91 Å². The van der Waals surface area contributed by atoms with Crippen molar-refractivity contribution in [2.75, 3.05) is 7.05 Å². The summed E-state index contributed by atoms with van der Waals surface area (Å²) in [5.41, 5.74) is 1.11. The van der Waals surface area contributed by atoms with Crippen molar-refractivity contribution in [3.05, 3.63) is 62.9 Å². The van der Waals surface area contributed by atoms with Gasteiger partial charge in [-0.15, -0.1) is 0 Å². The molecule has 110 valence electrons. The van der Waals surface area contributed by atoms with Crippen LogP contribution >= 0.6 is 34.8 Å². The normalized spacial score (nSPS) is 12.0. The second-order valence-electron chi connectivity index (χ2n) is 4.61. The summed E-state index contributed by atoms with van der Waals surface area (Å²) in [6, 6.07) is 10.3. The molecule has 2 aromatic rings. The summed E-state index contributed by atoms with van der Waals surface area (Å²) >= 11 is 17.7. The fourth-order valence-electron chi connectivity index (χ4n) is 1.88. The van der Waals surface area contributed by atoms with Crippen molar-refractivity contribution in [3.63, 3.8) is 0 Å². The number of nitrogens with zero attached hydrogens (tertiary/aromatic N) is 2. The Kier molecular flexibility index (Phi) is 5.09. The van der Waals surface area contributed by atoms with Gasteiger partial charge < -0.3 is 4.90 Å². The van der Waals surface area contributed by atoms with E-state index in [9.17, 15) is 4.79 Å². The molecule has 1 atom stereocenters. The maximum absolute atomic E-state index is 12.5. The Morgan fingerprint density at radius 1 is 1.10 bits per heavy atom. The second-order valence-corrected chi connectivity index (χ2v) is 5.84. The van der Waals surface area contributed by atoms with Gasteiger partial charge >= 0.3 is 0 Å². The number of pyridine rings is 1. The van der Waals surface area contributed by atoms with Gasteiger partial charge in [-0.1, -0.05) is 46.9 Å². The van der Waals surface area contributed by atoms with Gasteiger partial charge in [-0.25, -0.2) is 4.98 Å². The maximum Gasteiger partial charge on any atom is 0.274 e. The van der Waals surface area contributed by atoms with E-state index in [0.717, 1.165) is 5.56 Å². The van der Waals surface area contributed by atoms with Crippen LogP contribution in [-0.4, -0.2) is 22.8 Å². The van der Waals surface area contributed by atoms with Crippen LogP contribution < -0.4 is 0 Å². The van der Waals surface area contributed by atoms with Crippen LogP contribution in [0.4, 0.5) is 0 Å². The van der Waals surface area contributed by atoms with Crippen LogP contribution in [0.25, 0.3) is 0 Å². The van der Waals surface area contributed by atoms with Gasteiger partial charge in [-0.05, 0) is 36.8 Å². The average Bonchev–Trinajstić information content (AvgIpc) is 2.48. The minimum Gasteiger partial charge on any atom is -0.334 e. The number of halogens is 3.